The molecule has 0 spiro atoms. The third kappa shape index (κ3) is 4.08. The SMILES string of the molecule is Cc1ccc(O[C@H](C)CNC(=O)[C@@H]2CCCN2C(=O)C2CC2)cc1. The Kier molecular flexibility index (Phi) is 5.07. The summed E-state index contributed by atoms with van der Waals surface area (Å²) in [5.74, 6) is 1.08. The Hall–Kier alpha value is -2.04. The molecule has 1 saturated carbocycles. The Morgan fingerprint density at radius 3 is 2.62 bits per heavy atom. The van der Waals surface area contributed by atoms with Crippen molar-refractivity contribution in [2.45, 2.75) is 51.7 Å². The van der Waals surface area contributed by atoms with Crippen LogP contribution in [0.25, 0.3) is 0 Å². The summed E-state index contributed by atoms with van der Waals surface area (Å²) in [6.07, 6.45) is 3.50. The maximum absolute atomic E-state index is 12.4. The predicted molar refractivity (Wildman–Crippen MR) is 91.7 cm³/mol. The molecule has 2 fully saturated rings. The lowest BCUT2D eigenvalue weighted by Gasteiger charge is -2.24. The first-order valence-corrected chi connectivity index (χ1v) is 8.86. The van der Waals surface area contributed by atoms with Gasteiger partial charge in [0, 0.05) is 12.5 Å². The van der Waals surface area contributed by atoms with Crippen molar-refractivity contribution in [3.63, 3.8) is 0 Å². The molecule has 2 amide bonds. The maximum Gasteiger partial charge on any atom is 0.242 e. The van der Waals surface area contributed by atoms with E-state index in [9.17, 15) is 9.59 Å². The first-order chi connectivity index (χ1) is 11.5. The lowest BCUT2D eigenvalue weighted by molar-refractivity contribution is -0.139. The van der Waals surface area contributed by atoms with E-state index in [0.717, 1.165) is 31.4 Å². The maximum atomic E-state index is 12.4. The molecule has 0 unspecified atom stereocenters. The Morgan fingerprint density at radius 1 is 1.25 bits per heavy atom. The van der Waals surface area contributed by atoms with Crippen LogP contribution in [0.5, 0.6) is 5.75 Å². The highest BCUT2D eigenvalue weighted by Gasteiger charge is 2.40. The molecule has 0 aromatic heterocycles. The van der Waals surface area contributed by atoms with E-state index < -0.39 is 0 Å². The molecular formula is C19H26N2O3. The van der Waals surface area contributed by atoms with E-state index in [4.69, 9.17) is 4.74 Å². The second kappa shape index (κ2) is 7.24. The summed E-state index contributed by atoms with van der Waals surface area (Å²) in [6.45, 7) is 5.11. The van der Waals surface area contributed by atoms with Gasteiger partial charge in [-0.1, -0.05) is 17.7 Å². The molecule has 0 bridgehead atoms. The van der Waals surface area contributed by atoms with Crippen LogP contribution >= 0.6 is 0 Å². The minimum atomic E-state index is -0.301. The summed E-state index contributed by atoms with van der Waals surface area (Å²) < 4.78 is 5.81. The van der Waals surface area contributed by atoms with Crippen molar-refractivity contribution in [2.24, 2.45) is 5.92 Å². The molecule has 2 aliphatic rings. The second-order valence-corrected chi connectivity index (χ2v) is 6.95. The van der Waals surface area contributed by atoms with Crippen LogP contribution in [-0.4, -0.2) is 41.9 Å². The fourth-order valence-corrected chi connectivity index (χ4v) is 3.12. The van der Waals surface area contributed by atoms with Gasteiger partial charge in [-0.15, -0.1) is 0 Å². The topological polar surface area (TPSA) is 58.6 Å². The summed E-state index contributed by atoms with van der Waals surface area (Å²) in [5.41, 5.74) is 1.19. The predicted octanol–water partition coefficient (Wildman–Crippen LogP) is 2.28. The van der Waals surface area contributed by atoms with Crippen LogP contribution in [0.1, 0.15) is 38.2 Å². The first kappa shape index (κ1) is 16.8. The summed E-state index contributed by atoms with van der Waals surface area (Å²) in [5, 5.41) is 2.94. The number of hydrogen-bond donors (Lipinski definition) is 1. The highest BCUT2D eigenvalue weighted by atomic mass is 16.5. The fraction of sp³-hybridized carbons (Fsp3) is 0.579. The third-order valence-corrected chi connectivity index (χ3v) is 4.69. The van der Waals surface area contributed by atoms with E-state index in [0.29, 0.717) is 13.1 Å². The molecule has 1 aromatic carbocycles. The summed E-state index contributed by atoms with van der Waals surface area (Å²) >= 11 is 0. The zero-order chi connectivity index (χ0) is 17.1. The van der Waals surface area contributed by atoms with Crippen molar-refractivity contribution in [1.29, 1.82) is 0 Å². The standard InChI is InChI=1S/C19H26N2O3/c1-13-5-9-16(10-6-13)24-14(2)12-20-18(22)17-4-3-11-21(17)19(23)15-7-8-15/h5-6,9-10,14-15,17H,3-4,7-8,11-12H2,1-2H3,(H,20,22)/t14-,17+/m1/s1. The normalized spacial score (nSPS) is 21.4. The Labute approximate surface area is 143 Å². The summed E-state index contributed by atoms with van der Waals surface area (Å²) in [6, 6.07) is 7.56. The van der Waals surface area contributed by atoms with E-state index in [-0.39, 0.29) is 29.9 Å². The molecule has 130 valence electrons. The van der Waals surface area contributed by atoms with Gasteiger partial charge in [0.05, 0.1) is 6.54 Å². The van der Waals surface area contributed by atoms with Gasteiger partial charge in [-0.25, -0.2) is 0 Å². The molecule has 5 heteroatoms. The van der Waals surface area contributed by atoms with E-state index in [1.54, 1.807) is 4.90 Å². The number of aryl methyl sites for hydroxylation is 1. The number of nitrogens with zero attached hydrogens (tertiary/aromatic N) is 1. The first-order valence-electron chi connectivity index (χ1n) is 8.86. The van der Waals surface area contributed by atoms with Crippen LogP contribution in [0, 0.1) is 12.8 Å². The molecule has 1 aromatic rings. The van der Waals surface area contributed by atoms with Crippen LogP contribution in [0.3, 0.4) is 0 Å². The molecule has 1 heterocycles. The molecular weight excluding hydrogens is 304 g/mol. The largest absolute Gasteiger partial charge is 0.489 e. The minimum absolute atomic E-state index is 0.0548. The van der Waals surface area contributed by atoms with E-state index in [1.165, 1.54) is 5.56 Å². The zero-order valence-electron chi connectivity index (χ0n) is 14.5. The molecule has 1 N–H and O–H groups in total. The van der Waals surface area contributed by atoms with Gasteiger partial charge in [-0.2, -0.15) is 0 Å². The van der Waals surface area contributed by atoms with Gasteiger partial charge in [0.25, 0.3) is 0 Å². The fourth-order valence-electron chi connectivity index (χ4n) is 3.12. The average molecular weight is 330 g/mol. The van der Waals surface area contributed by atoms with Crippen molar-refractivity contribution < 1.29 is 14.3 Å². The number of hydrogen-bond acceptors (Lipinski definition) is 3. The molecule has 2 atom stereocenters. The van der Waals surface area contributed by atoms with Crippen molar-refractivity contribution in [2.75, 3.05) is 13.1 Å². The number of likely N-dealkylation sites (tertiary alicyclic amines) is 1. The smallest absolute Gasteiger partial charge is 0.242 e. The number of benzene rings is 1. The van der Waals surface area contributed by atoms with Gasteiger partial charge in [0.2, 0.25) is 11.8 Å². The van der Waals surface area contributed by atoms with Crippen LogP contribution in [0.2, 0.25) is 0 Å². The molecule has 1 saturated heterocycles. The molecule has 3 rings (SSSR count). The van der Waals surface area contributed by atoms with Crippen LogP contribution < -0.4 is 10.1 Å². The van der Waals surface area contributed by atoms with E-state index in [2.05, 4.69) is 5.32 Å². The van der Waals surface area contributed by atoms with Crippen LogP contribution in [0.4, 0.5) is 0 Å². The minimum Gasteiger partial charge on any atom is -0.489 e. The third-order valence-electron chi connectivity index (χ3n) is 4.69. The highest BCUT2D eigenvalue weighted by molar-refractivity contribution is 5.90. The van der Waals surface area contributed by atoms with Gasteiger partial charge in [0.15, 0.2) is 0 Å². The van der Waals surface area contributed by atoms with E-state index in [1.807, 2.05) is 38.1 Å². The quantitative estimate of drug-likeness (QED) is 0.870. The second-order valence-electron chi connectivity index (χ2n) is 6.95. The van der Waals surface area contributed by atoms with Crippen molar-refractivity contribution in [1.82, 2.24) is 10.2 Å². The van der Waals surface area contributed by atoms with E-state index >= 15 is 0 Å². The van der Waals surface area contributed by atoms with Gasteiger partial charge in [0.1, 0.15) is 17.9 Å². The van der Waals surface area contributed by atoms with Gasteiger partial charge >= 0.3 is 0 Å². The van der Waals surface area contributed by atoms with Crippen LogP contribution in [0.15, 0.2) is 24.3 Å². The molecule has 1 aliphatic carbocycles. The Balaban J connectivity index is 1.47. The monoisotopic (exact) mass is 330 g/mol. The molecule has 1 aliphatic heterocycles. The lowest BCUT2D eigenvalue weighted by atomic mass is 10.2. The summed E-state index contributed by atoms with van der Waals surface area (Å²) in [4.78, 5) is 26.5. The average Bonchev–Trinajstić information content (AvgIpc) is 3.30. The van der Waals surface area contributed by atoms with Crippen molar-refractivity contribution in [3.8, 4) is 5.75 Å². The Morgan fingerprint density at radius 2 is 1.96 bits per heavy atom. The molecule has 5 nitrogen and oxygen atoms in total. The Bertz CT molecular complexity index is 595. The summed E-state index contributed by atoms with van der Waals surface area (Å²) in [7, 11) is 0. The highest BCUT2D eigenvalue weighted by Crippen LogP contribution is 2.33. The lowest BCUT2D eigenvalue weighted by Crippen LogP contribution is -2.48. The number of amides is 2. The molecule has 24 heavy (non-hydrogen) atoms. The number of carbonyl (C=O) groups excluding carboxylic acids is 2. The number of nitrogens with one attached hydrogen (secondary N) is 1. The van der Waals surface area contributed by atoms with Gasteiger partial charge in [-0.05, 0) is 51.7 Å². The molecule has 0 radical (unpaired) electrons. The van der Waals surface area contributed by atoms with Crippen molar-refractivity contribution >= 4 is 11.8 Å². The number of rotatable bonds is 6. The number of ether oxygens (including phenoxy) is 1. The van der Waals surface area contributed by atoms with Crippen molar-refractivity contribution in [3.05, 3.63) is 29.8 Å². The zero-order valence-corrected chi connectivity index (χ0v) is 14.5. The number of carbonyl (C=O) groups is 2. The van der Waals surface area contributed by atoms with Gasteiger partial charge < -0.3 is 15.0 Å². The van der Waals surface area contributed by atoms with Crippen LogP contribution in [-0.2, 0) is 9.59 Å². The van der Waals surface area contributed by atoms with Gasteiger partial charge in [-0.3, -0.25) is 9.59 Å².